The molecular formula is C11H16F6O4. The van der Waals surface area contributed by atoms with E-state index >= 15 is 0 Å². The zero-order valence-electron chi connectivity index (χ0n) is 11.0. The Hall–Kier alpha value is -1.29. The summed E-state index contributed by atoms with van der Waals surface area (Å²) in [5.74, 6) is -4.39. The molecule has 0 heterocycles. The molecule has 126 valence electrons. The van der Waals surface area contributed by atoms with Gasteiger partial charge in [-0.1, -0.05) is 6.58 Å². The summed E-state index contributed by atoms with van der Waals surface area (Å²) in [6, 6.07) is 0. The lowest BCUT2D eigenvalue weighted by molar-refractivity contribution is -0.286. The summed E-state index contributed by atoms with van der Waals surface area (Å²) in [7, 11) is 0. The van der Waals surface area contributed by atoms with E-state index in [9.17, 15) is 31.1 Å². The van der Waals surface area contributed by atoms with Gasteiger partial charge in [0.1, 0.15) is 0 Å². The molecule has 0 aromatic rings. The van der Waals surface area contributed by atoms with E-state index in [0.717, 1.165) is 0 Å². The molecule has 0 fully saturated rings. The van der Waals surface area contributed by atoms with Crippen LogP contribution in [-0.4, -0.2) is 46.4 Å². The van der Waals surface area contributed by atoms with Crippen LogP contribution in [0.25, 0.3) is 0 Å². The minimum Gasteiger partial charge on any atom is -0.478 e. The number of alkyl halides is 6. The summed E-state index contributed by atoms with van der Waals surface area (Å²) in [4.78, 5) is 9.60. The summed E-state index contributed by atoms with van der Waals surface area (Å²) in [5.41, 5.74) is 0.176. The molecular weight excluding hydrogens is 310 g/mol. The van der Waals surface area contributed by atoms with Crippen molar-refractivity contribution in [3.63, 3.8) is 0 Å². The van der Waals surface area contributed by atoms with Gasteiger partial charge in [-0.25, -0.2) is 4.79 Å². The molecule has 0 aliphatic carbocycles. The number of hydrogen-bond acceptors (Lipinski definition) is 3. The number of aliphatic hydroxyl groups excluding tert-OH is 2. The highest BCUT2D eigenvalue weighted by atomic mass is 19.4. The van der Waals surface area contributed by atoms with Crippen LogP contribution in [0.2, 0.25) is 0 Å². The summed E-state index contributed by atoms with van der Waals surface area (Å²) in [6.07, 6.45) is -14.4. The van der Waals surface area contributed by atoms with Crippen LogP contribution < -0.4 is 0 Å². The zero-order chi connectivity index (χ0) is 17.4. The normalized spacial score (nSPS) is 13.4. The molecule has 0 spiro atoms. The molecule has 0 aliphatic rings. The lowest BCUT2D eigenvalue weighted by Gasteiger charge is -2.23. The van der Waals surface area contributed by atoms with Gasteiger partial charge in [0, 0.05) is 5.57 Å². The molecule has 0 bridgehead atoms. The van der Waals surface area contributed by atoms with Gasteiger partial charge in [-0.3, -0.25) is 0 Å². The molecule has 3 N–H and O–H groups in total. The van der Waals surface area contributed by atoms with Crippen LogP contribution in [0.5, 0.6) is 0 Å². The fourth-order valence-corrected chi connectivity index (χ4v) is 0.963. The average Bonchev–Trinajstić information content (AvgIpc) is 2.25. The van der Waals surface area contributed by atoms with Crippen molar-refractivity contribution in [3.05, 3.63) is 12.2 Å². The Labute approximate surface area is 116 Å². The van der Waals surface area contributed by atoms with Crippen molar-refractivity contribution < 1.29 is 46.5 Å². The molecule has 0 rings (SSSR count). The first-order valence-electron chi connectivity index (χ1n) is 5.54. The van der Waals surface area contributed by atoms with Crippen molar-refractivity contribution in [1.29, 1.82) is 0 Å². The number of hydrogen-bond donors (Lipinski definition) is 3. The van der Waals surface area contributed by atoms with E-state index in [1.807, 2.05) is 0 Å². The first kappa shape index (κ1) is 22.0. The van der Waals surface area contributed by atoms with E-state index in [2.05, 4.69) is 6.58 Å². The summed E-state index contributed by atoms with van der Waals surface area (Å²) >= 11 is 0. The molecule has 1 unspecified atom stereocenters. The first-order valence-corrected chi connectivity index (χ1v) is 5.54. The highest BCUT2D eigenvalue weighted by Crippen LogP contribution is 2.42. The minimum absolute atomic E-state index is 0.176. The third-order valence-electron chi connectivity index (χ3n) is 2.15. The number of carboxylic acid groups (broad SMARTS) is 1. The Kier molecular flexibility index (Phi) is 9.30. The molecule has 0 saturated carbocycles. The second-order valence-electron chi connectivity index (χ2n) is 4.14. The molecule has 0 aliphatic heterocycles. The summed E-state index contributed by atoms with van der Waals surface area (Å²) < 4.78 is 71.4. The van der Waals surface area contributed by atoms with Crippen LogP contribution in [0, 0.1) is 5.92 Å². The van der Waals surface area contributed by atoms with Crippen LogP contribution in [0.15, 0.2) is 12.2 Å². The molecule has 10 heteroatoms. The van der Waals surface area contributed by atoms with Crippen LogP contribution in [0.1, 0.15) is 19.8 Å². The van der Waals surface area contributed by atoms with Crippen molar-refractivity contribution in [2.24, 2.45) is 5.92 Å². The lowest BCUT2D eigenvalue weighted by atomic mass is 10.00. The molecule has 0 radical (unpaired) electrons. The van der Waals surface area contributed by atoms with Crippen LogP contribution >= 0.6 is 0 Å². The predicted molar refractivity (Wildman–Crippen MR) is 60.4 cm³/mol. The van der Waals surface area contributed by atoms with Crippen molar-refractivity contribution in [1.82, 2.24) is 0 Å². The topological polar surface area (TPSA) is 77.8 Å². The van der Waals surface area contributed by atoms with Crippen LogP contribution in [-0.2, 0) is 4.79 Å². The molecule has 0 saturated heterocycles. The standard InChI is InChI=1S/C7H10F6O2.C4H6O2/c8-6(9,10)5(7(11,12)13)2-1-4(15)3-14;1-3(2)4(5)6/h4-5,14-15H,1-3H2;1H2,2H3,(H,5,6). The molecule has 4 nitrogen and oxygen atoms in total. The number of rotatable bonds is 5. The van der Waals surface area contributed by atoms with Gasteiger partial charge in [-0.2, -0.15) is 26.3 Å². The van der Waals surface area contributed by atoms with E-state index in [1.165, 1.54) is 6.92 Å². The highest BCUT2D eigenvalue weighted by molar-refractivity contribution is 5.84. The number of carbonyl (C=O) groups is 1. The molecule has 1 atom stereocenters. The molecule has 0 aromatic carbocycles. The number of halogens is 6. The van der Waals surface area contributed by atoms with Gasteiger partial charge in [0.05, 0.1) is 12.7 Å². The van der Waals surface area contributed by atoms with Gasteiger partial charge in [0.15, 0.2) is 5.92 Å². The van der Waals surface area contributed by atoms with Crippen LogP contribution in [0.4, 0.5) is 26.3 Å². The maximum atomic E-state index is 11.9. The fourth-order valence-electron chi connectivity index (χ4n) is 0.963. The number of aliphatic hydroxyl groups is 2. The maximum absolute atomic E-state index is 11.9. The average molecular weight is 326 g/mol. The third kappa shape index (κ3) is 11.1. The minimum atomic E-state index is -5.38. The second kappa shape index (κ2) is 8.88. The van der Waals surface area contributed by atoms with E-state index < -0.39 is 49.8 Å². The first-order chi connectivity index (χ1) is 9.23. The summed E-state index contributed by atoms with van der Waals surface area (Å²) in [6.45, 7) is 3.74. The van der Waals surface area contributed by atoms with Crippen molar-refractivity contribution in [3.8, 4) is 0 Å². The smallest absolute Gasteiger partial charge is 0.400 e. The largest absolute Gasteiger partial charge is 0.478 e. The lowest BCUT2D eigenvalue weighted by Crippen LogP contribution is -2.37. The van der Waals surface area contributed by atoms with Gasteiger partial charge in [0.2, 0.25) is 0 Å². The number of carboxylic acids is 1. The van der Waals surface area contributed by atoms with E-state index in [1.54, 1.807) is 0 Å². The SMILES string of the molecule is C=C(C)C(=O)O.OCC(O)CCC(C(F)(F)F)C(F)(F)F. The zero-order valence-corrected chi connectivity index (χ0v) is 11.0. The second-order valence-corrected chi connectivity index (χ2v) is 4.14. The van der Waals surface area contributed by atoms with Gasteiger partial charge < -0.3 is 15.3 Å². The highest BCUT2D eigenvalue weighted by Gasteiger charge is 2.55. The van der Waals surface area contributed by atoms with Crippen molar-refractivity contribution in [2.75, 3.05) is 6.61 Å². The van der Waals surface area contributed by atoms with E-state index in [-0.39, 0.29) is 5.57 Å². The Morgan fingerprint density at radius 2 is 1.43 bits per heavy atom. The van der Waals surface area contributed by atoms with Gasteiger partial charge in [0.25, 0.3) is 0 Å². The Balaban J connectivity index is 0. The van der Waals surface area contributed by atoms with Crippen LogP contribution in [0.3, 0.4) is 0 Å². The van der Waals surface area contributed by atoms with E-state index in [4.69, 9.17) is 15.3 Å². The Bertz CT molecular complexity index is 311. The fraction of sp³-hybridized carbons (Fsp3) is 0.727. The molecule has 21 heavy (non-hydrogen) atoms. The van der Waals surface area contributed by atoms with Crippen molar-refractivity contribution in [2.45, 2.75) is 38.2 Å². The molecule has 0 amide bonds. The van der Waals surface area contributed by atoms with Gasteiger partial charge >= 0.3 is 18.3 Å². The monoisotopic (exact) mass is 326 g/mol. The van der Waals surface area contributed by atoms with Crippen molar-refractivity contribution >= 4 is 5.97 Å². The van der Waals surface area contributed by atoms with Gasteiger partial charge in [-0.15, -0.1) is 0 Å². The number of aliphatic carboxylic acids is 1. The predicted octanol–water partition coefficient (Wildman–Crippen LogP) is 2.51. The quantitative estimate of drug-likeness (QED) is 0.536. The summed E-state index contributed by atoms with van der Waals surface area (Å²) in [5, 5.41) is 24.8. The van der Waals surface area contributed by atoms with Gasteiger partial charge in [-0.05, 0) is 19.8 Å². The maximum Gasteiger partial charge on any atom is 0.400 e. The third-order valence-corrected chi connectivity index (χ3v) is 2.15. The molecule has 0 aromatic heterocycles. The Morgan fingerprint density at radius 3 is 1.62 bits per heavy atom. The van der Waals surface area contributed by atoms with E-state index in [0.29, 0.717) is 0 Å². The Morgan fingerprint density at radius 1 is 1.10 bits per heavy atom.